The number of piperidine rings is 1. The van der Waals surface area contributed by atoms with Gasteiger partial charge in [-0.25, -0.2) is 9.80 Å². The monoisotopic (exact) mass is 257 g/mol. The number of carbonyl (C=O) groups excluding carboxylic acids is 1. The maximum Gasteiger partial charge on any atom is 0.331 e. The molecule has 0 bridgehead atoms. The van der Waals surface area contributed by atoms with Gasteiger partial charge in [0.1, 0.15) is 0 Å². The molecule has 104 valence electrons. The maximum absolute atomic E-state index is 11.9. The van der Waals surface area contributed by atoms with Crippen LogP contribution in [0.1, 0.15) is 39.5 Å². The summed E-state index contributed by atoms with van der Waals surface area (Å²) in [7, 11) is 1.61. The molecule has 2 N–H and O–H groups in total. The van der Waals surface area contributed by atoms with E-state index in [1.807, 2.05) is 5.01 Å². The Bertz CT molecular complexity index is 299. The van der Waals surface area contributed by atoms with Gasteiger partial charge in [0.05, 0.1) is 6.42 Å². The van der Waals surface area contributed by atoms with E-state index in [0.29, 0.717) is 12.1 Å². The summed E-state index contributed by atoms with van der Waals surface area (Å²) in [6.45, 7) is 4.40. The van der Waals surface area contributed by atoms with Crippen LogP contribution in [0.4, 0.5) is 4.79 Å². The van der Waals surface area contributed by atoms with Gasteiger partial charge in [-0.05, 0) is 26.7 Å². The topological polar surface area (TPSA) is 72.9 Å². The molecule has 2 unspecified atom stereocenters. The van der Waals surface area contributed by atoms with Crippen LogP contribution in [-0.4, -0.2) is 52.7 Å². The summed E-state index contributed by atoms with van der Waals surface area (Å²) < 4.78 is 0. The molecule has 0 aromatic heterocycles. The molecule has 1 heterocycles. The molecular formula is C12H23N3O3. The van der Waals surface area contributed by atoms with Gasteiger partial charge in [-0.2, -0.15) is 0 Å². The van der Waals surface area contributed by atoms with Crippen molar-refractivity contribution in [3.63, 3.8) is 0 Å². The van der Waals surface area contributed by atoms with Crippen LogP contribution in [0.15, 0.2) is 0 Å². The van der Waals surface area contributed by atoms with Crippen LogP contribution in [0.25, 0.3) is 0 Å². The molecule has 1 aliphatic heterocycles. The number of nitrogens with one attached hydrogen (secondary N) is 1. The van der Waals surface area contributed by atoms with E-state index in [1.165, 1.54) is 11.3 Å². The largest absolute Gasteiger partial charge is 0.481 e. The van der Waals surface area contributed by atoms with E-state index in [1.54, 1.807) is 7.05 Å². The highest BCUT2D eigenvalue weighted by molar-refractivity contribution is 5.74. The molecule has 0 aliphatic carbocycles. The number of amides is 2. The first-order valence-electron chi connectivity index (χ1n) is 6.43. The van der Waals surface area contributed by atoms with Crippen molar-refractivity contribution in [2.24, 2.45) is 0 Å². The molecule has 1 fully saturated rings. The zero-order chi connectivity index (χ0) is 13.7. The molecule has 0 saturated carbocycles. The first-order valence-corrected chi connectivity index (χ1v) is 6.43. The van der Waals surface area contributed by atoms with Gasteiger partial charge in [0, 0.05) is 25.7 Å². The van der Waals surface area contributed by atoms with Crippen molar-refractivity contribution in [2.45, 2.75) is 51.6 Å². The minimum Gasteiger partial charge on any atom is -0.481 e. The summed E-state index contributed by atoms with van der Waals surface area (Å²) in [4.78, 5) is 23.8. The second-order valence-corrected chi connectivity index (χ2v) is 5.02. The molecule has 2 atom stereocenters. The second-order valence-electron chi connectivity index (χ2n) is 5.02. The molecule has 1 rings (SSSR count). The van der Waals surface area contributed by atoms with Crippen LogP contribution in [-0.2, 0) is 4.79 Å². The van der Waals surface area contributed by atoms with Gasteiger partial charge >= 0.3 is 12.0 Å². The quantitative estimate of drug-likeness (QED) is 0.795. The van der Waals surface area contributed by atoms with E-state index in [4.69, 9.17) is 5.11 Å². The molecule has 6 heteroatoms. The molecule has 0 aromatic rings. The number of urea groups is 1. The Morgan fingerprint density at radius 1 is 1.33 bits per heavy atom. The van der Waals surface area contributed by atoms with Crippen LogP contribution in [0.3, 0.4) is 0 Å². The van der Waals surface area contributed by atoms with Gasteiger partial charge in [-0.1, -0.05) is 6.42 Å². The summed E-state index contributed by atoms with van der Waals surface area (Å²) >= 11 is 0. The molecule has 18 heavy (non-hydrogen) atoms. The zero-order valence-electron chi connectivity index (χ0n) is 11.3. The summed E-state index contributed by atoms with van der Waals surface area (Å²) in [6, 6.07) is 0.410. The molecule has 1 saturated heterocycles. The SMILES string of the molecule is CC1CCCC(C)N1NC(=O)N(C)CCC(=O)O. The minimum atomic E-state index is -0.894. The maximum atomic E-state index is 11.9. The first kappa shape index (κ1) is 14.8. The fourth-order valence-corrected chi connectivity index (χ4v) is 2.20. The normalized spacial score (nSPS) is 24.6. The number of hydrogen-bond donors (Lipinski definition) is 2. The second kappa shape index (κ2) is 6.58. The molecule has 2 amide bonds. The van der Waals surface area contributed by atoms with Crippen molar-refractivity contribution in [3.8, 4) is 0 Å². The summed E-state index contributed by atoms with van der Waals surface area (Å²) in [5.41, 5.74) is 2.87. The van der Waals surface area contributed by atoms with Gasteiger partial charge in [0.25, 0.3) is 0 Å². The Morgan fingerprint density at radius 2 is 1.89 bits per heavy atom. The van der Waals surface area contributed by atoms with Gasteiger partial charge in [0.15, 0.2) is 0 Å². The highest BCUT2D eigenvalue weighted by atomic mass is 16.4. The average molecular weight is 257 g/mol. The number of aliphatic carboxylic acids is 1. The predicted octanol–water partition coefficient (Wildman–Crippen LogP) is 1.28. The van der Waals surface area contributed by atoms with Gasteiger partial charge in [-0.15, -0.1) is 0 Å². The smallest absolute Gasteiger partial charge is 0.331 e. The van der Waals surface area contributed by atoms with Crippen molar-refractivity contribution >= 4 is 12.0 Å². The number of carboxylic acids is 1. The Kier molecular flexibility index (Phi) is 5.40. The Morgan fingerprint density at radius 3 is 2.39 bits per heavy atom. The highest BCUT2D eigenvalue weighted by Crippen LogP contribution is 2.20. The van der Waals surface area contributed by atoms with E-state index in [0.717, 1.165) is 12.8 Å². The predicted molar refractivity (Wildman–Crippen MR) is 68.0 cm³/mol. The Labute approximate surface area is 108 Å². The zero-order valence-corrected chi connectivity index (χ0v) is 11.3. The molecule has 6 nitrogen and oxygen atoms in total. The number of rotatable bonds is 4. The first-order chi connectivity index (χ1) is 8.41. The standard InChI is InChI=1S/C12H23N3O3/c1-9-5-4-6-10(2)15(9)13-12(18)14(3)8-7-11(16)17/h9-10H,4-8H2,1-3H3,(H,13,18)(H,16,17). The molecule has 1 aliphatic rings. The molecular weight excluding hydrogens is 234 g/mol. The Hall–Kier alpha value is -1.30. The van der Waals surface area contributed by atoms with Crippen molar-refractivity contribution in [2.75, 3.05) is 13.6 Å². The van der Waals surface area contributed by atoms with Crippen LogP contribution in [0.5, 0.6) is 0 Å². The van der Waals surface area contributed by atoms with Crippen molar-refractivity contribution < 1.29 is 14.7 Å². The lowest BCUT2D eigenvalue weighted by Crippen LogP contribution is -2.56. The lowest BCUT2D eigenvalue weighted by Gasteiger charge is -2.39. The van der Waals surface area contributed by atoms with E-state index in [-0.39, 0.29) is 19.0 Å². The summed E-state index contributed by atoms with van der Waals surface area (Å²) in [5, 5.41) is 10.6. The fraction of sp³-hybridized carbons (Fsp3) is 0.833. The Balaban J connectivity index is 2.44. The molecule has 0 radical (unpaired) electrons. The van der Waals surface area contributed by atoms with Gasteiger partial charge in [-0.3, -0.25) is 10.2 Å². The van der Waals surface area contributed by atoms with Crippen LogP contribution in [0, 0.1) is 0 Å². The number of hydrazine groups is 1. The number of carbonyl (C=O) groups is 2. The van der Waals surface area contributed by atoms with E-state index in [9.17, 15) is 9.59 Å². The third-order valence-corrected chi connectivity index (χ3v) is 3.43. The van der Waals surface area contributed by atoms with Crippen LogP contribution in [0.2, 0.25) is 0 Å². The average Bonchev–Trinajstić information content (AvgIpc) is 2.30. The van der Waals surface area contributed by atoms with Crippen molar-refractivity contribution in [1.29, 1.82) is 0 Å². The lowest BCUT2D eigenvalue weighted by atomic mass is 10.00. The van der Waals surface area contributed by atoms with Crippen molar-refractivity contribution in [3.05, 3.63) is 0 Å². The molecule has 0 spiro atoms. The lowest BCUT2D eigenvalue weighted by molar-refractivity contribution is -0.137. The third-order valence-electron chi connectivity index (χ3n) is 3.43. The summed E-state index contributed by atoms with van der Waals surface area (Å²) in [5.74, 6) is -0.894. The number of hydrogen-bond acceptors (Lipinski definition) is 3. The number of carboxylic acid groups (broad SMARTS) is 1. The van der Waals surface area contributed by atoms with Gasteiger partial charge in [0.2, 0.25) is 0 Å². The van der Waals surface area contributed by atoms with E-state index < -0.39 is 5.97 Å². The number of nitrogens with zero attached hydrogens (tertiary/aromatic N) is 2. The van der Waals surface area contributed by atoms with E-state index >= 15 is 0 Å². The van der Waals surface area contributed by atoms with Crippen molar-refractivity contribution in [1.82, 2.24) is 15.3 Å². The minimum absolute atomic E-state index is 0.0327. The molecule has 0 aromatic carbocycles. The van der Waals surface area contributed by atoms with Gasteiger partial charge < -0.3 is 10.0 Å². The summed E-state index contributed by atoms with van der Waals surface area (Å²) in [6.07, 6.45) is 3.30. The highest BCUT2D eigenvalue weighted by Gasteiger charge is 2.26. The van der Waals surface area contributed by atoms with Crippen LogP contribution < -0.4 is 5.43 Å². The fourth-order valence-electron chi connectivity index (χ4n) is 2.20. The van der Waals surface area contributed by atoms with E-state index in [2.05, 4.69) is 19.3 Å². The van der Waals surface area contributed by atoms with Crippen LogP contribution >= 0.6 is 0 Å². The third kappa shape index (κ3) is 4.18.